The Hall–Kier alpha value is -4.36. The molecule has 12 N–H and O–H groups in total. The van der Waals surface area contributed by atoms with E-state index in [0.717, 1.165) is 10.6 Å². The Bertz CT molecular complexity index is 1920. The summed E-state index contributed by atoms with van der Waals surface area (Å²) in [6.45, 7) is -2.67. The first kappa shape index (κ1) is 55.6. The van der Waals surface area contributed by atoms with Crippen molar-refractivity contribution in [2.45, 2.75) is 118 Å². The normalized spacial score (nSPS) is 31.5. The van der Waals surface area contributed by atoms with Crippen molar-refractivity contribution < 1.29 is 98.8 Å². The lowest BCUT2D eigenvalue weighted by molar-refractivity contribution is -0.382. The SMILES string of the molecule is CC(=O)N(CC(=O)N(CCCON(C)C1O[C@H](CO)[C@@H](O[C@H]2O[C@H](CO)[C@@H](O[C@H]3O[C@H](CO)[C@@H](O)[C@H](O)[C@H]3O)[C@H](O)[C@H]2O)[C@H](O)[C@H]1O)CC(=O)N(CC(N)=O)Cc1ccccc1)Cc1ccccc1. The number of nitrogens with zero attached hydrogens (tertiary/aromatic N) is 4. The van der Waals surface area contributed by atoms with Gasteiger partial charge in [-0.15, -0.1) is 0 Å². The zero-order valence-electron chi connectivity index (χ0n) is 38.1. The highest BCUT2D eigenvalue weighted by Gasteiger charge is 2.54. The molecule has 0 aromatic heterocycles. The predicted octanol–water partition coefficient (Wildman–Crippen LogP) is -5.92. The molecule has 3 saturated heterocycles. The number of likely N-dealkylation sites (N-methyl/N-ethyl adjacent to an activating group) is 1. The largest absolute Gasteiger partial charge is 0.394 e. The molecule has 0 saturated carbocycles. The molecule has 69 heavy (non-hydrogen) atoms. The van der Waals surface area contributed by atoms with Crippen LogP contribution in [-0.4, -0.2) is 246 Å². The van der Waals surface area contributed by atoms with Crippen LogP contribution in [0.25, 0.3) is 0 Å². The molecule has 25 heteroatoms. The van der Waals surface area contributed by atoms with Crippen molar-refractivity contribution in [1.29, 1.82) is 0 Å². The number of aliphatic hydroxyl groups is 10. The van der Waals surface area contributed by atoms with Gasteiger partial charge in [-0.25, -0.2) is 0 Å². The molecule has 0 aliphatic carbocycles. The summed E-state index contributed by atoms with van der Waals surface area (Å²) >= 11 is 0. The molecule has 2 aromatic carbocycles. The lowest BCUT2D eigenvalue weighted by atomic mass is 9.95. The Labute approximate surface area is 397 Å². The average Bonchev–Trinajstić information content (AvgIpc) is 3.33. The smallest absolute Gasteiger partial charge is 0.242 e. The van der Waals surface area contributed by atoms with E-state index in [-0.39, 0.29) is 32.7 Å². The number of carbonyl (C=O) groups excluding carboxylic acids is 4. The van der Waals surface area contributed by atoms with Gasteiger partial charge in [-0.3, -0.25) is 24.0 Å². The molecule has 0 bridgehead atoms. The summed E-state index contributed by atoms with van der Waals surface area (Å²) in [5, 5.41) is 106. The van der Waals surface area contributed by atoms with E-state index in [1.165, 1.54) is 28.7 Å². The lowest BCUT2D eigenvalue weighted by Crippen LogP contribution is -2.67. The van der Waals surface area contributed by atoms with Gasteiger partial charge in [0.2, 0.25) is 23.6 Å². The van der Waals surface area contributed by atoms with Gasteiger partial charge >= 0.3 is 0 Å². The summed E-state index contributed by atoms with van der Waals surface area (Å²) in [5.74, 6) is -2.36. The number of amides is 4. The first-order valence-electron chi connectivity index (χ1n) is 22.3. The van der Waals surface area contributed by atoms with Gasteiger partial charge in [0.25, 0.3) is 0 Å². The van der Waals surface area contributed by atoms with Crippen LogP contribution in [0.15, 0.2) is 60.7 Å². The maximum atomic E-state index is 13.9. The van der Waals surface area contributed by atoms with Gasteiger partial charge in [-0.1, -0.05) is 60.7 Å². The number of benzene rings is 2. The van der Waals surface area contributed by atoms with Crippen LogP contribution in [0.1, 0.15) is 24.5 Å². The third-order valence-corrected chi connectivity index (χ3v) is 11.9. The predicted molar refractivity (Wildman–Crippen MR) is 233 cm³/mol. The van der Waals surface area contributed by atoms with Gasteiger partial charge in [0.1, 0.15) is 79.8 Å². The highest BCUT2D eigenvalue weighted by Crippen LogP contribution is 2.33. The van der Waals surface area contributed by atoms with E-state index in [4.69, 9.17) is 34.3 Å². The Morgan fingerprint density at radius 1 is 0.580 bits per heavy atom. The van der Waals surface area contributed by atoms with Crippen molar-refractivity contribution >= 4 is 23.6 Å². The van der Waals surface area contributed by atoms with E-state index in [1.807, 2.05) is 6.07 Å². The number of hydrogen-bond acceptors (Lipinski definition) is 21. The van der Waals surface area contributed by atoms with E-state index in [9.17, 15) is 70.2 Å². The average molecular weight is 984 g/mol. The standard InChI is InChI=1S/C44H65N5O20/c1-24(53)48(16-25-10-5-3-6-11-25)20-31(55)47(19-32(56)49(18-30(45)54)17-26-12-7-4-8-13-26)14-9-15-64-46(2)42-37(61)35(59)40(28(22-51)65-42)68-44-39(63)36(60)41(29(23-52)67-44)69-43-38(62)34(58)33(57)27(21-50)66-43/h3-8,10-13,27-29,33-44,50-52,57-63H,9,14-23H2,1-2H3,(H2,45,54)/t27-,28-,29-,33-,34+,35-,36-,37-,38-,39-,40-,41-,42?,43-,44-/m1/s1. The van der Waals surface area contributed by atoms with E-state index in [2.05, 4.69) is 0 Å². The molecule has 25 nitrogen and oxygen atoms in total. The fourth-order valence-corrected chi connectivity index (χ4v) is 8.02. The first-order valence-corrected chi connectivity index (χ1v) is 22.3. The Morgan fingerprint density at radius 2 is 1.04 bits per heavy atom. The molecule has 386 valence electrons. The Kier molecular flexibility index (Phi) is 21.1. The van der Waals surface area contributed by atoms with Crippen LogP contribution in [0.4, 0.5) is 0 Å². The van der Waals surface area contributed by atoms with Crippen LogP contribution in [0.2, 0.25) is 0 Å². The molecule has 15 atom stereocenters. The number of hydrogen-bond donors (Lipinski definition) is 11. The topological polar surface area (TPSA) is 365 Å². The van der Waals surface area contributed by atoms with Gasteiger partial charge in [-0.05, 0) is 17.5 Å². The summed E-state index contributed by atoms with van der Waals surface area (Å²) in [5.41, 5.74) is 6.95. The zero-order chi connectivity index (χ0) is 50.5. The van der Waals surface area contributed by atoms with Crippen LogP contribution in [0, 0.1) is 0 Å². The van der Waals surface area contributed by atoms with Crippen LogP contribution in [0.3, 0.4) is 0 Å². The summed E-state index contributed by atoms with van der Waals surface area (Å²) in [6.07, 6.45) is -25.9. The van der Waals surface area contributed by atoms with Crippen LogP contribution in [-0.2, 0) is 60.8 Å². The number of rotatable bonds is 23. The molecule has 0 spiro atoms. The second-order valence-corrected chi connectivity index (χ2v) is 16.9. The van der Waals surface area contributed by atoms with Gasteiger partial charge in [0.05, 0.1) is 39.5 Å². The number of primary amides is 1. The molecule has 4 amide bonds. The summed E-state index contributed by atoms with van der Waals surface area (Å²) in [6, 6.07) is 17.8. The quantitative estimate of drug-likeness (QED) is 0.0365. The number of ether oxygens (including phenoxy) is 5. The van der Waals surface area contributed by atoms with Crippen LogP contribution >= 0.6 is 0 Å². The highest BCUT2D eigenvalue weighted by molar-refractivity contribution is 5.89. The van der Waals surface area contributed by atoms with Gasteiger partial charge in [-0.2, -0.15) is 5.06 Å². The fourth-order valence-electron chi connectivity index (χ4n) is 8.02. The molecule has 3 fully saturated rings. The van der Waals surface area contributed by atoms with E-state index in [0.29, 0.717) is 5.56 Å². The van der Waals surface area contributed by atoms with Crippen LogP contribution < -0.4 is 5.73 Å². The second kappa shape index (κ2) is 26.2. The third-order valence-electron chi connectivity index (χ3n) is 11.9. The van der Waals surface area contributed by atoms with Crippen molar-refractivity contribution in [2.75, 3.05) is 59.7 Å². The summed E-state index contributed by atoms with van der Waals surface area (Å²) in [7, 11) is 1.34. The third kappa shape index (κ3) is 14.6. The maximum Gasteiger partial charge on any atom is 0.242 e. The van der Waals surface area contributed by atoms with E-state index >= 15 is 0 Å². The minimum absolute atomic E-state index is 0.0196. The molecule has 1 unspecified atom stereocenters. The Balaban J connectivity index is 1.21. The lowest BCUT2D eigenvalue weighted by Gasteiger charge is -2.48. The monoisotopic (exact) mass is 983 g/mol. The molecule has 3 aliphatic rings. The molecule has 0 radical (unpaired) electrons. The molecule has 5 rings (SSSR count). The minimum atomic E-state index is -2.01. The number of nitrogens with two attached hydrogens (primary N) is 1. The molecular formula is C44H65N5O20. The van der Waals surface area contributed by atoms with Crippen molar-refractivity contribution in [1.82, 2.24) is 19.8 Å². The molecule has 3 aliphatic heterocycles. The van der Waals surface area contributed by atoms with E-state index < -0.39 is 155 Å². The second-order valence-electron chi connectivity index (χ2n) is 16.9. The summed E-state index contributed by atoms with van der Waals surface area (Å²) in [4.78, 5) is 61.9. The fraction of sp³-hybridized carbons (Fsp3) is 0.636. The molecule has 2 aromatic rings. The van der Waals surface area contributed by atoms with Gasteiger partial charge in [0.15, 0.2) is 18.8 Å². The molecule has 3 heterocycles. The number of carbonyl (C=O) groups is 4. The number of aliphatic hydroxyl groups excluding tert-OH is 10. The van der Waals surface area contributed by atoms with Crippen LogP contribution in [0.5, 0.6) is 0 Å². The minimum Gasteiger partial charge on any atom is -0.394 e. The molecular weight excluding hydrogens is 918 g/mol. The van der Waals surface area contributed by atoms with Crippen molar-refractivity contribution in [3.63, 3.8) is 0 Å². The first-order chi connectivity index (χ1) is 32.9. The van der Waals surface area contributed by atoms with Gasteiger partial charge in [0, 0.05) is 33.6 Å². The summed E-state index contributed by atoms with van der Waals surface area (Å²) < 4.78 is 28.1. The highest BCUT2D eigenvalue weighted by atomic mass is 16.8. The maximum absolute atomic E-state index is 13.9. The zero-order valence-corrected chi connectivity index (χ0v) is 38.1. The van der Waals surface area contributed by atoms with E-state index in [1.54, 1.807) is 54.6 Å². The van der Waals surface area contributed by atoms with Crippen molar-refractivity contribution in [3.8, 4) is 0 Å². The van der Waals surface area contributed by atoms with Gasteiger partial charge < -0.3 is 95.2 Å². The van der Waals surface area contributed by atoms with Crippen molar-refractivity contribution in [2.24, 2.45) is 5.73 Å². The Morgan fingerprint density at radius 3 is 1.57 bits per heavy atom. The number of hydroxylamine groups is 2. The van der Waals surface area contributed by atoms with Crippen molar-refractivity contribution in [3.05, 3.63) is 71.8 Å².